The highest BCUT2D eigenvalue weighted by Gasteiger charge is 2.09. The van der Waals surface area contributed by atoms with Gasteiger partial charge in [0, 0.05) is 23.2 Å². The van der Waals surface area contributed by atoms with Crippen molar-refractivity contribution >= 4 is 22.1 Å². The third-order valence-corrected chi connectivity index (χ3v) is 2.26. The van der Waals surface area contributed by atoms with Gasteiger partial charge in [0.25, 0.3) is 0 Å². The molecule has 0 saturated carbocycles. The second-order valence-corrected chi connectivity index (χ2v) is 3.06. The molecule has 14 heavy (non-hydrogen) atoms. The number of aromatic nitrogens is 3. The van der Waals surface area contributed by atoms with Crippen molar-refractivity contribution in [3.63, 3.8) is 0 Å². The molecule has 0 spiro atoms. The molecule has 0 aliphatic rings. The van der Waals surface area contributed by atoms with E-state index in [0.717, 1.165) is 15.5 Å². The molecule has 3 aromatic heterocycles. The van der Waals surface area contributed by atoms with Crippen LogP contribution in [0, 0.1) is 0 Å². The molecule has 4 heteroatoms. The van der Waals surface area contributed by atoms with Crippen LogP contribution >= 0.6 is 0 Å². The Morgan fingerprint density at radius 3 is 1.93 bits per heavy atom. The zero-order valence-electron chi connectivity index (χ0n) is 7.25. The molecule has 0 amide bonds. The van der Waals surface area contributed by atoms with E-state index in [4.69, 9.17) is 0 Å². The van der Waals surface area contributed by atoms with Gasteiger partial charge in [-0.25, -0.2) is 9.97 Å². The maximum Gasteiger partial charge on any atom is 0.178 e. The van der Waals surface area contributed by atoms with Crippen LogP contribution in [0.3, 0.4) is 0 Å². The van der Waals surface area contributed by atoms with Crippen LogP contribution in [-0.4, -0.2) is 19.9 Å². The van der Waals surface area contributed by atoms with Crippen molar-refractivity contribution in [1.82, 2.24) is 14.7 Å². The summed E-state index contributed by atoms with van der Waals surface area (Å²) in [6.45, 7) is 0. The Kier molecular flexibility index (Phi) is 1.28. The molecule has 0 bridgehead atoms. The lowest BCUT2D eigenvalue weighted by atomic mass is 10.2. The Morgan fingerprint density at radius 2 is 1.43 bits per heavy atom. The first-order valence-electron chi connectivity index (χ1n) is 4.27. The Labute approximate surface area is 79.4 Å². The summed E-state index contributed by atoms with van der Waals surface area (Å²) in [7, 11) is 0. The molecule has 3 heterocycles. The van der Waals surface area contributed by atoms with E-state index in [1.165, 1.54) is 0 Å². The van der Waals surface area contributed by atoms with Gasteiger partial charge in [0.1, 0.15) is 0 Å². The lowest BCUT2D eigenvalue weighted by Gasteiger charge is -1.92. The highest BCUT2D eigenvalue weighted by Crippen LogP contribution is 2.23. The van der Waals surface area contributed by atoms with Crippen LogP contribution in [0.4, 0.5) is 0 Å². The van der Waals surface area contributed by atoms with E-state index in [-0.39, 0.29) is 0 Å². The van der Waals surface area contributed by atoms with E-state index in [9.17, 15) is 5.21 Å². The summed E-state index contributed by atoms with van der Waals surface area (Å²) in [4.78, 5) is 8.18. The Morgan fingerprint density at radius 1 is 0.929 bits per heavy atom. The molecule has 0 atom stereocenters. The van der Waals surface area contributed by atoms with Crippen LogP contribution < -0.4 is 0 Å². The minimum absolute atomic E-state index is 0.543. The van der Waals surface area contributed by atoms with E-state index in [1.54, 1.807) is 12.4 Å². The highest BCUT2D eigenvalue weighted by molar-refractivity contribution is 6.04. The molecular formula is C10H7N3O. The van der Waals surface area contributed by atoms with Crippen molar-refractivity contribution in [2.24, 2.45) is 0 Å². The van der Waals surface area contributed by atoms with Crippen LogP contribution in [0.5, 0.6) is 0 Å². The van der Waals surface area contributed by atoms with E-state index in [1.807, 2.05) is 24.3 Å². The summed E-state index contributed by atoms with van der Waals surface area (Å²) in [6, 6.07) is 7.52. The molecule has 0 saturated heterocycles. The average Bonchev–Trinajstić information content (AvgIpc) is 2.55. The minimum atomic E-state index is 0.543. The van der Waals surface area contributed by atoms with Gasteiger partial charge in [-0.1, -0.05) is 0 Å². The first-order chi connectivity index (χ1) is 6.88. The molecule has 0 aromatic carbocycles. The van der Waals surface area contributed by atoms with E-state index in [0.29, 0.717) is 11.3 Å². The quantitative estimate of drug-likeness (QED) is 0.543. The normalized spacial score (nSPS) is 11.1. The zero-order valence-corrected chi connectivity index (χ0v) is 7.25. The maximum absolute atomic E-state index is 9.74. The van der Waals surface area contributed by atoms with Crippen molar-refractivity contribution in [2.75, 3.05) is 0 Å². The van der Waals surface area contributed by atoms with Crippen LogP contribution in [0.25, 0.3) is 22.1 Å². The third-order valence-electron chi connectivity index (χ3n) is 2.26. The summed E-state index contributed by atoms with van der Waals surface area (Å²) >= 11 is 0. The fourth-order valence-electron chi connectivity index (χ4n) is 1.65. The molecule has 3 aromatic rings. The molecule has 1 N–H and O–H groups in total. The van der Waals surface area contributed by atoms with Gasteiger partial charge >= 0.3 is 0 Å². The zero-order chi connectivity index (χ0) is 9.54. The Balaban J connectivity index is 2.69. The van der Waals surface area contributed by atoms with Crippen molar-refractivity contribution < 1.29 is 5.21 Å². The molecule has 0 aliphatic carbocycles. The van der Waals surface area contributed by atoms with Crippen molar-refractivity contribution in [3.8, 4) is 0 Å². The van der Waals surface area contributed by atoms with Crippen LogP contribution in [0.1, 0.15) is 0 Å². The Hall–Kier alpha value is -2.10. The van der Waals surface area contributed by atoms with Gasteiger partial charge in [-0.2, -0.15) is 0 Å². The number of nitrogens with zero attached hydrogens (tertiary/aromatic N) is 3. The van der Waals surface area contributed by atoms with Gasteiger partial charge in [-0.3, -0.25) is 0 Å². The fraction of sp³-hybridized carbons (Fsp3) is 0. The molecule has 0 aliphatic heterocycles. The second kappa shape index (κ2) is 2.45. The summed E-state index contributed by atoms with van der Waals surface area (Å²) in [5, 5.41) is 11.6. The SMILES string of the molecule is On1c2ncccc2c2cccnc21. The molecule has 4 nitrogen and oxygen atoms in total. The Bertz CT molecular complexity index is 562. The number of hydrogen-bond donors (Lipinski definition) is 1. The van der Waals surface area contributed by atoms with E-state index in [2.05, 4.69) is 9.97 Å². The van der Waals surface area contributed by atoms with Gasteiger partial charge in [-0.15, -0.1) is 4.73 Å². The van der Waals surface area contributed by atoms with Gasteiger partial charge in [0.05, 0.1) is 0 Å². The number of hydrogen-bond acceptors (Lipinski definition) is 3. The van der Waals surface area contributed by atoms with E-state index >= 15 is 0 Å². The lowest BCUT2D eigenvalue weighted by molar-refractivity contribution is 0.209. The molecule has 0 fully saturated rings. The first-order valence-corrected chi connectivity index (χ1v) is 4.27. The predicted octanol–water partition coefficient (Wildman–Crippen LogP) is 1.82. The topological polar surface area (TPSA) is 50.9 Å². The van der Waals surface area contributed by atoms with Gasteiger partial charge in [-0.05, 0) is 24.3 Å². The summed E-state index contributed by atoms with van der Waals surface area (Å²) in [6.07, 6.45) is 3.29. The first kappa shape index (κ1) is 7.32. The average molecular weight is 185 g/mol. The molecular weight excluding hydrogens is 178 g/mol. The standard InChI is InChI=1S/C10H7N3O/c14-13-9-7(3-1-5-11-9)8-4-2-6-12-10(8)13/h1-6,14H. The lowest BCUT2D eigenvalue weighted by Crippen LogP contribution is -1.91. The molecule has 3 rings (SSSR count). The monoisotopic (exact) mass is 185 g/mol. The smallest absolute Gasteiger partial charge is 0.178 e. The van der Waals surface area contributed by atoms with Crippen molar-refractivity contribution in [2.45, 2.75) is 0 Å². The number of fused-ring (bicyclic) bond motifs is 3. The minimum Gasteiger partial charge on any atom is -0.425 e. The third kappa shape index (κ3) is 0.771. The largest absolute Gasteiger partial charge is 0.425 e. The summed E-state index contributed by atoms with van der Waals surface area (Å²) in [5.41, 5.74) is 1.09. The van der Waals surface area contributed by atoms with Crippen molar-refractivity contribution in [1.29, 1.82) is 0 Å². The van der Waals surface area contributed by atoms with Gasteiger partial charge < -0.3 is 5.21 Å². The van der Waals surface area contributed by atoms with Crippen molar-refractivity contribution in [3.05, 3.63) is 36.7 Å². The predicted molar refractivity (Wildman–Crippen MR) is 52.2 cm³/mol. The van der Waals surface area contributed by atoms with Crippen LogP contribution in [-0.2, 0) is 0 Å². The highest BCUT2D eigenvalue weighted by atomic mass is 16.5. The number of pyridine rings is 2. The number of rotatable bonds is 0. The van der Waals surface area contributed by atoms with Gasteiger partial charge in [0.2, 0.25) is 0 Å². The van der Waals surface area contributed by atoms with Crippen LogP contribution in [0.2, 0.25) is 0 Å². The summed E-state index contributed by atoms with van der Waals surface area (Å²) < 4.78 is 1.02. The fourth-order valence-corrected chi connectivity index (χ4v) is 1.65. The molecule has 0 radical (unpaired) electrons. The second-order valence-electron chi connectivity index (χ2n) is 3.06. The van der Waals surface area contributed by atoms with E-state index < -0.39 is 0 Å². The molecule has 0 unspecified atom stereocenters. The molecule has 68 valence electrons. The van der Waals surface area contributed by atoms with Crippen LogP contribution in [0.15, 0.2) is 36.7 Å². The van der Waals surface area contributed by atoms with Gasteiger partial charge in [0.15, 0.2) is 11.3 Å². The summed E-state index contributed by atoms with van der Waals surface area (Å²) in [5.74, 6) is 0. The maximum atomic E-state index is 9.74.